The molecule has 0 atom stereocenters. The minimum atomic E-state index is -1.04. The Morgan fingerprint density at radius 3 is 2.58 bits per heavy atom. The highest BCUT2D eigenvalue weighted by Crippen LogP contribution is 2.17. The highest BCUT2D eigenvalue weighted by atomic mass is 19.1. The van der Waals surface area contributed by atoms with E-state index < -0.39 is 17.8 Å². The van der Waals surface area contributed by atoms with E-state index in [1.54, 1.807) is 12.1 Å². The number of hydrogen-bond acceptors (Lipinski definition) is 2. The van der Waals surface area contributed by atoms with E-state index in [1.165, 1.54) is 0 Å². The molecule has 0 unspecified atom stereocenters. The summed E-state index contributed by atoms with van der Waals surface area (Å²) in [6, 6.07) is 7.40. The molecule has 1 aromatic heterocycles. The van der Waals surface area contributed by atoms with Gasteiger partial charge in [-0.25, -0.2) is 0 Å². The number of hydrogen-bond donors (Lipinski definition) is 1. The second kappa shape index (κ2) is 5.14. The number of aromatic nitrogens is 1. The summed E-state index contributed by atoms with van der Waals surface area (Å²) in [5, 5.41) is 2.38. The zero-order chi connectivity index (χ0) is 14.0. The second-order valence-corrected chi connectivity index (χ2v) is 4.17. The molecule has 0 spiro atoms. The van der Waals surface area contributed by atoms with Crippen LogP contribution < -0.4 is 5.32 Å². The molecular weight excluding hydrogens is 250 g/mol. The Kier molecular flexibility index (Phi) is 3.55. The summed E-state index contributed by atoms with van der Waals surface area (Å²) < 4.78 is 26.0. The van der Waals surface area contributed by atoms with Crippen molar-refractivity contribution in [1.29, 1.82) is 0 Å². The molecule has 0 saturated heterocycles. The number of benzene rings is 1. The average Bonchev–Trinajstić information content (AvgIpc) is 2.36. The number of anilines is 1. The Bertz CT molecular complexity index is 641. The fourth-order valence-electron chi connectivity index (χ4n) is 1.69. The number of carbonyl (C=O) groups is 1. The lowest BCUT2D eigenvalue weighted by atomic mass is 10.0. The van der Waals surface area contributed by atoms with Gasteiger partial charge in [-0.1, -0.05) is 12.1 Å². The fourth-order valence-corrected chi connectivity index (χ4v) is 1.69. The summed E-state index contributed by atoms with van der Waals surface area (Å²) in [7, 11) is 0. The Labute approximate surface area is 109 Å². The van der Waals surface area contributed by atoms with Gasteiger partial charge in [0.1, 0.15) is 0 Å². The molecule has 2 aromatic rings. The van der Waals surface area contributed by atoms with Crippen LogP contribution in [0.5, 0.6) is 0 Å². The van der Waals surface area contributed by atoms with Gasteiger partial charge in [0.25, 0.3) is 5.91 Å². The largest absolute Gasteiger partial charge is 0.318 e. The highest BCUT2D eigenvalue weighted by Gasteiger charge is 2.13. The monoisotopic (exact) mass is 262 g/mol. The van der Waals surface area contributed by atoms with E-state index >= 15 is 0 Å². The first-order chi connectivity index (χ1) is 8.99. The van der Waals surface area contributed by atoms with Crippen LogP contribution in [0.3, 0.4) is 0 Å². The van der Waals surface area contributed by atoms with Crippen LogP contribution in [-0.2, 0) is 0 Å². The first-order valence-corrected chi connectivity index (χ1v) is 5.68. The van der Waals surface area contributed by atoms with Crippen LogP contribution in [0.2, 0.25) is 0 Å². The van der Waals surface area contributed by atoms with Crippen molar-refractivity contribution in [1.82, 2.24) is 4.98 Å². The van der Waals surface area contributed by atoms with E-state index in [0.29, 0.717) is 5.56 Å². The molecule has 1 aromatic carbocycles. The summed E-state index contributed by atoms with van der Waals surface area (Å²) in [5.41, 5.74) is 2.08. The number of nitrogens with one attached hydrogen (secondary N) is 1. The van der Waals surface area contributed by atoms with Crippen molar-refractivity contribution in [2.24, 2.45) is 0 Å². The molecule has 3 nitrogen and oxygen atoms in total. The van der Waals surface area contributed by atoms with Crippen molar-refractivity contribution < 1.29 is 13.6 Å². The molecule has 19 heavy (non-hydrogen) atoms. The maximum Gasteiger partial charge on any atom is 0.256 e. The smallest absolute Gasteiger partial charge is 0.256 e. The first kappa shape index (κ1) is 13.1. The second-order valence-electron chi connectivity index (χ2n) is 4.17. The number of amides is 1. The first-order valence-electron chi connectivity index (χ1n) is 5.68. The average molecular weight is 262 g/mol. The van der Waals surface area contributed by atoms with Crippen LogP contribution >= 0.6 is 0 Å². The van der Waals surface area contributed by atoms with Crippen LogP contribution in [0.4, 0.5) is 14.5 Å². The molecule has 0 aliphatic heterocycles. The van der Waals surface area contributed by atoms with Crippen LogP contribution in [0, 0.1) is 25.7 Å². The van der Waals surface area contributed by atoms with Gasteiger partial charge in [-0.05, 0) is 43.2 Å². The molecule has 5 heteroatoms. The van der Waals surface area contributed by atoms with Gasteiger partial charge in [0.05, 0.1) is 5.69 Å². The van der Waals surface area contributed by atoms with Crippen molar-refractivity contribution in [3.8, 4) is 0 Å². The van der Waals surface area contributed by atoms with Gasteiger partial charge in [-0.15, -0.1) is 0 Å². The van der Waals surface area contributed by atoms with Crippen LogP contribution in [0.15, 0.2) is 30.3 Å². The van der Waals surface area contributed by atoms with E-state index in [1.807, 2.05) is 19.9 Å². The lowest BCUT2D eigenvalue weighted by molar-refractivity contribution is 0.102. The number of aryl methyl sites for hydroxylation is 1. The summed E-state index contributed by atoms with van der Waals surface area (Å²) in [6.07, 6.45) is 0. The summed E-state index contributed by atoms with van der Waals surface area (Å²) in [5.74, 6) is -2.42. The zero-order valence-electron chi connectivity index (χ0n) is 10.5. The Balaban J connectivity index is 2.28. The molecule has 98 valence electrons. The van der Waals surface area contributed by atoms with Crippen molar-refractivity contribution in [2.45, 2.75) is 13.8 Å². The lowest BCUT2D eigenvalue weighted by Gasteiger charge is -2.09. The molecule has 2 rings (SSSR count). The lowest BCUT2D eigenvalue weighted by Crippen LogP contribution is -2.15. The van der Waals surface area contributed by atoms with Crippen molar-refractivity contribution in [3.63, 3.8) is 0 Å². The Hall–Kier alpha value is -2.30. The number of rotatable bonds is 2. The van der Waals surface area contributed by atoms with E-state index in [0.717, 1.165) is 23.3 Å². The number of carbonyl (C=O) groups excluding carboxylic acids is 1. The summed E-state index contributed by atoms with van der Waals surface area (Å²) in [6.45, 7) is 3.69. The third-order valence-corrected chi connectivity index (χ3v) is 2.91. The van der Waals surface area contributed by atoms with Crippen molar-refractivity contribution in [3.05, 3.63) is 58.9 Å². The third kappa shape index (κ3) is 2.76. The van der Waals surface area contributed by atoms with Gasteiger partial charge in [0.15, 0.2) is 0 Å². The van der Waals surface area contributed by atoms with Gasteiger partial charge in [0.2, 0.25) is 11.9 Å². The van der Waals surface area contributed by atoms with E-state index in [2.05, 4.69) is 10.3 Å². The SMILES string of the molecule is Cc1cccc(C(=O)Nc2ccc(F)nc2F)c1C. The van der Waals surface area contributed by atoms with Gasteiger partial charge < -0.3 is 5.32 Å². The van der Waals surface area contributed by atoms with Crippen molar-refractivity contribution in [2.75, 3.05) is 5.32 Å². The number of nitrogens with zero attached hydrogens (tertiary/aromatic N) is 1. The van der Waals surface area contributed by atoms with Gasteiger partial charge in [-0.2, -0.15) is 13.8 Å². The maximum atomic E-state index is 13.3. The van der Waals surface area contributed by atoms with Gasteiger partial charge >= 0.3 is 0 Å². The topological polar surface area (TPSA) is 42.0 Å². The molecule has 1 heterocycles. The normalized spacial score (nSPS) is 10.3. The predicted octanol–water partition coefficient (Wildman–Crippen LogP) is 3.23. The fraction of sp³-hybridized carbons (Fsp3) is 0.143. The maximum absolute atomic E-state index is 13.3. The van der Waals surface area contributed by atoms with Crippen LogP contribution in [0.1, 0.15) is 21.5 Å². The summed E-state index contributed by atoms with van der Waals surface area (Å²) in [4.78, 5) is 15.0. The van der Waals surface area contributed by atoms with E-state index in [4.69, 9.17) is 0 Å². The third-order valence-electron chi connectivity index (χ3n) is 2.91. The molecule has 0 radical (unpaired) electrons. The quantitative estimate of drug-likeness (QED) is 0.844. The molecule has 0 aliphatic rings. The molecule has 0 bridgehead atoms. The number of pyridine rings is 1. The van der Waals surface area contributed by atoms with Gasteiger partial charge in [-0.3, -0.25) is 4.79 Å². The standard InChI is InChI=1S/C14H12F2N2O/c1-8-4-3-5-10(9(8)2)14(19)17-11-6-7-12(15)18-13(11)16/h3-7H,1-2H3,(H,17,19). The molecule has 0 fully saturated rings. The van der Waals surface area contributed by atoms with Crippen LogP contribution in [-0.4, -0.2) is 10.9 Å². The molecular formula is C14H12F2N2O. The minimum Gasteiger partial charge on any atom is -0.318 e. The molecule has 1 amide bonds. The number of halogens is 2. The van der Waals surface area contributed by atoms with E-state index in [-0.39, 0.29) is 5.69 Å². The van der Waals surface area contributed by atoms with E-state index in [9.17, 15) is 13.6 Å². The van der Waals surface area contributed by atoms with Crippen LogP contribution in [0.25, 0.3) is 0 Å². The minimum absolute atomic E-state index is 0.146. The van der Waals surface area contributed by atoms with Gasteiger partial charge in [0, 0.05) is 5.56 Å². The predicted molar refractivity (Wildman–Crippen MR) is 68.0 cm³/mol. The highest BCUT2D eigenvalue weighted by molar-refractivity contribution is 6.05. The molecule has 0 saturated carbocycles. The molecule has 1 N–H and O–H groups in total. The summed E-state index contributed by atoms with van der Waals surface area (Å²) >= 11 is 0. The Morgan fingerprint density at radius 1 is 1.16 bits per heavy atom. The van der Waals surface area contributed by atoms with Crippen molar-refractivity contribution >= 4 is 11.6 Å². The molecule has 0 aliphatic carbocycles. The Morgan fingerprint density at radius 2 is 1.89 bits per heavy atom. The zero-order valence-corrected chi connectivity index (χ0v) is 10.5.